The van der Waals surface area contributed by atoms with Crippen LogP contribution in [0.4, 0.5) is 0 Å². The highest BCUT2D eigenvalue weighted by Crippen LogP contribution is 2.28. The molecule has 1 aromatic heterocycles. The lowest BCUT2D eigenvalue weighted by molar-refractivity contribution is 0.376. The van der Waals surface area contributed by atoms with Crippen LogP contribution in [0.1, 0.15) is 18.7 Å². The molecule has 0 atom stereocenters. The molecular formula is C14H15N3O3. The van der Waals surface area contributed by atoms with Crippen molar-refractivity contribution in [3.8, 4) is 29.0 Å². The molecule has 0 saturated heterocycles. The van der Waals surface area contributed by atoms with Crippen molar-refractivity contribution in [2.75, 3.05) is 14.2 Å². The molecule has 1 aromatic carbocycles. The minimum absolute atomic E-state index is 0.477. The van der Waals surface area contributed by atoms with Crippen LogP contribution in [0.25, 0.3) is 11.4 Å². The topological polar surface area (TPSA) is 81.2 Å². The maximum atomic E-state index is 8.50. The number of benzene rings is 1. The zero-order chi connectivity index (χ0) is 14.4. The SMILES string of the molecule is COc1cc(OC)cc(-c2noc(CCCC#N)n2)c1. The molecule has 0 saturated carbocycles. The van der Waals surface area contributed by atoms with Gasteiger partial charge in [0.1, 0.15) is 11.5 Å². The van der Waals surface area contributed by atoms with Gasteiger partial charge in [0.25, 0.3) is 0 Å². The Morgan fingerprint density at radius 3 is 2.50 bits per heavy atom. The molecule has 0 unspecified atom stereocenters. The van der Waals surface area contributed by atoms with E-state index in [1.807, 2.05) is 12.1 Å². The van der Waals surface area contributed by atoms with Gasteiger partial charge in [0.15, 0.2) is 0 Å². The quantitative estimate of drug-likeness (QED) is 0.752. The summed E-state index contributed by atoms with van der Waals surface area (Å²) < 4.78 is 15.6. The summed E-state index contributed by atoms with van der Waals surface area (Å²) in [7, 11) is 3.17. The molecule has 0 bridgehead atoms. The second kappa shape index (κ2) is 6.57. The van der Waals surface area contributed by atoms with Crippen molar-refractivity contribution in [2.24, 2.45) is 0 Å². The molecule has 1 heterocycles. The van der Waals surface area contributed by atoms with Crippen molar-refractivity contribution < 1.29 is 14.0 Å². The van der Waals surface area contributed by atoms with Gasteiger partial charge in [0.2, 0.25) is 11.7 Å². The Bertz CT molecular complexity index is 594. The molecule has 0 aliphatic rings. The number of ether oxygens (including phenoxy) is 2. The number of aryl methyl sites for hydroxylation is 1. The highest BCUT2D eigenvalue weighted by Gasteiger charge is 2.11. The summed E-state index contributed by atoms with van der Waals surface area (Å²) in [5.74, 6) is 2.33. The van der Waals surface area contributed by atoms with Crippen molar-refractivity contribution in [1.29, 1.82) is 5.26 Å². The molecular weight excluding hydrogens is 258 g/mol. The van der Waals surface area contributed by atoms with Crippen molar-refractivity contribution in [3.63, 3.8) is 0 Å². The third-order valence-electron chi connectivity index (χ3n) is 2.76. The summed E-state index contributed by atoms with van der Waals surface area (Å²) in [6.07, 6.45) is 1.78. The standard InChI is InChI=1S/C14H15N3O3/c1-18-11-7-10(8-12(9-11)19-2)14-16-13(20-17-14)5-3-4-6-15/h7-9H,3-5H2,1-2H3. The van der Waals surface area contributed by atoms with E-state index in [1.165, 1.54) is 0 Å². The molecule has 0 amide bonds. The fraction of sp³-hybridized carbons (Fsp3) is 0.357. The Morgan fingerprint density at radius 2 is 1.90 bits per heavy atom. The number of nitriles is 1. The van der Waals surface area contributed by atoms with Gasteiger partial charge in [0, 0.05) is 24.5 Å². The second-order valence-electron chi connectivity index (χ2n) is 4.12. The van der Waals surface area contributed by atoms with Crippen LogP contribution in [0, 0.1) is 11.3 Å². The molecule has 6 nitrogen and oxygen atoms in total. The molecule has 0 spiro atoms. The smallest absolute Gasteiger partial charge is 0.226 e. The van der Waals surface area contributed by atoms with Crippen molar-refractivity contribution in [1.82, 2.24) is 10.1 Å². The van der Waals surface area contributed by atoms with E-state index in [9.17, 15) is 0 Å². The summed E-state index contributed by atoms with van der Waals surface area (Å²) in [6, 6.07) is 7.48. The Labute approximate surface area is 116 Å². The van der Waals surface area contributed by atoms with Crippen LogP contribution in [0.2, 0.25) is 0 Å². The monoisotopic (exact) mass is 273 g/mol. The first-order valence-corrected chi connectivity index (χ1v) is 6.20. The first-order valence-electron chi connectivity index (χ1n) is 6.20. The fourth-order valence-corrected chi connectivity index (χ4v) is 1.73. The molecule has 2 aromatic rings. The van der Waals surface area contributed by atoms with E-state index >= 15 is 0 Å². The van der Waals surface area contributed by atoms with Crippen LogP contribution < -0.4 is 9.47 Å². The van der Waals surface area contributed by atoms with Crippen LogP contribution in [0.15, 0.2) is 22.7 Å². The zero-order valence-corrected chi connectivity index (χ0v) is 11.4. The lowest BCUT2D eigenvalue weighted by Crippen LogP contribution is -1.90. The fourth-order valence-electron chi connectivity index (χ4n) is 1.73. The molecule has 0 aliphatic carbocycles. The van der Waals surface area contributed by atoms with Crippen molar-refractivity contribution in [3.05, 3.63) is 24.1 Å². The van der Waals surface area contributed by atoms with E-state index in [-0.39, 0.29) is 0 Å². The number of nitrogens with zero attached hydrogens (tertiary/aromatic N) is 3. The van der Waals surface area contributed by atoms with E-state index in [0.717, 1.165) is 5.56 Å². The van der Waals surface area contributed by atoms with Gasteiger partial charge in [0.05, 0.1) is 20.3 Å². The lowest BCUT2D eigenvalue weighted by atomic mass is 10.2. The molecule has 6 heteroatoms. The third kappa shape index (κ3) is 3.26. The highest BCUT2D eigenvalue weighted by atomic mass is 16.5. The van der Waals surface area contributed by atoms with E-state index in [0.29, 0.717) is 42.5 Å². The van der Waals surface area contributed by atoms with Crippen LogP contribution in [-0.2, 0) is 6.42 Å². The van der Waals surface area contributed by atoms with Gasteiger partial charge in [-0.1, -0.05) is 5.16 Å². The highest BCUT2D eigenvalue weighted by molar-refractivity contribution is 5.60. The van der Waals surface area contributed by atoms with E-state index < -0.39 is 0 Å². The first kappa shape index (κ1) is 13.9. The number of aromatic nitrogens is 2. The van der Waals surface area contributed by atoms with Crippen LogP contribution >= 0.6 is 0 Å². The molecule has 0 radical (unpaired) electrons. The van der Waals surface area contributed by atoms with Gasteiger partial charge < -0.3 is 14.0 Å². The average Bonchev–Trinajstić information content (AvgIpc) is 2.96. The van der Waals surface area contributed by atoms with Gasteiger partial charge in [-0.05, 0) is 18.6 Å². The van der Waals surface area contributed by atoms with Gasteiger partial charge in [-0.3, -0.25) is 0 Å². The molecule has 20 heavy (non-hydrogen) atoms. The number of hydrogen-bond acceptors (Lipinski definition) is 6. The maximum Gasteiger partial charge on any atom is 0.226 e. The maximum absolute atomic E-state index is 8.50. The zero-order valence-electron chi connectivity index (χ0n) is 11.4. The van der Waals surface area contributed by atoms with Gasteiger partial charge in [-0.2, -0.15) is 10.2 Å². The normalized spacial score (nSPS) is 10.1. The minimum Gasteiger partial charge on any atom is -0.497 e. The molecule has 0 fully saturated rings. The third-order valence-corrected chi connectivity index (χ3v) is 2.76. The van der Waals surface area contributed by atoms with Crippen molar-refractivity contribution in [2.45, 2.75) is 19.3 Å². The van der Waals surface area contributed by atoms with Gasteiger partial charge in [-0.25, -0.2) is 0 Å². The second-order valence-corrected chi connectivity index (χ2v) is 4.12. The van der Waals surface area contributed by atoms with Gasteiger partial charge in [-0.15, -0.1) is 0 Å². The summed E-state index contributed by atoms with van der Waals surface area (Å²) in [5, 5.41) is 12.4. The Hall–Kier alpha value is -2.55. The number of hydrogen-bond donors (Lipinski definition) is 0. The number of unbranched alkanes of at least 4 members (excludes halogenated alkanes) is 1. The Kier molecular flexibility index (Phi) is 4.56. The molecule has 2 rings (SSSR count). The van der Waals surface area contributed by atoms with E-state index in [2.05, 4.69) is 16.2 Å². The minimum atomic E-state index is 0.477. The number of methoxy groups -OCH3 is 2. The summed E-state index contributed by atoms with van der Waals surface area (Å²) in [5.41, 5.74) is 0.761. The summed E-state index contributed by atoms with van der Waals surface area (Å²) >= 11 is 0. The summed E-state index contributed by atoms with van der Waals surface area (Å²) in [6.45, 7) is 0. The molecule has 0 aliphatic heterocycles. The van der Waals surface area contributed by atoms with Crippen LogP contribution in [-0.4, -0.2) is 24.4 Å². The van der Waals surface area contributed by atoms with Crippen molar-refractivity contribution >= 4 is 0 Å². The first-order chi connectivity index (χ1) is 9.76. The van der Waals surface area contributed by atoms with E-state index in [4.69, 9.17) is 19.3 Å². The summed E-state index contributed by atoms with van der Waals surface area (Å²) in [4.78, 5) is 4.30. The number of rotatable bonds is 6. The lowest BCUT2D eigenvalue weighted by Gasteiger charge is -2.05. The Morgan fingerprint density at radius 1 is 1.20 bits per heavy atom. The van der Waals surface area contributed by atoms with Crippen LogP contribution in [0.3, 0.4) is 0 Å². The molecule has 104 valence electrons. The largest absolute Gasteiger partial charge is 0.497 e. The predicted molar refractivity (Wildman–Crippen MR) is 71.4 cm³/mol. The predicted octanol–water partition coefficient (Wildman–Crippen LogP) is 2.60. The average molecular weight is 273 g/mol. The van der Waals surface area contributed by atoms with E-state index in [1.54, 1.807) is 20.3 Å². The van der Waals surface area contributed by atoms with Crippen LogP contribution in [0.5, 0.6) is 11.5 Å². The Balaban J connectivity index is 2.21. The van der Waals surface area contributed by atoms with Gasteiger partial charge >= 0.3 is 0 Å². The molecule has 0 N–H and O–H groups in total.